The van der Waals surface area contributed by atoms with Gasteiger partial charge in [0.25, 0.3) is 0 Å². The van der Waals surface area contributed by atoms with Crippen LogP contribution in [0.15, 0.2) is 12.3 Å². The molecule has 0 bridgehead atoms. The molecule has 1 aromatic heterocycles. The van der Waals surface area contributed by atoms with Gasteiger partial charge in [0, 0.05) is 26.4 Å². The summed E-state index contributed by atoms with van der Waals surface area (Å²) in [6, 6.07) is 2.03. The van der Waals surface area contributed by atoms with Gasteiger partial charge in [0.15, 0.2) is 0 Å². The number of aryl methyl sites for hydroxylation is 1. The minimum absolute atomic E-state index is 0.334. The molecule has 0 unspecified atom stereocenters. The van der Waals surface area contributed by atoms with E-state index in [4.69, 9.17) is 4.74 Å². The third-order valence-electron chi connectivity index (χ3n) is 2.02. The van der Waals surface area contributed by atoms with Crippen LogP contribution in [0.5, 0.6) is 0 Å². The van der Waals surface area contributed by atoms with Crippen LogP contribution in [0, 0.1) is 0 Å². The van der Waals surface area contributed by atoms with Crippen LogP contribution in [0.2, 0.25) is 0 Å². The van der Waals surface area contributed by atoms with Gasteiger partial charge in [-0.25, -0.2) is 0 Å². The van der Waals surface area contributed by atoms with Crippen molar-refractivity contribution >= 4 is 0 Å². The fraction of sp³-hybridized carbons (Fsp3) is 0.727. The van der Waals surface area contributed by atoms with Crippen LogP contribution in [-0.4, -0.2) is 29.0 Å². The zero-order valence-electron chi connectivity index (χ0n) is 9.86. The van der Waals surface area contributed by atoms with Crippen LogP contribution < -0.4 is 5.32 Å². The number of nitrogens with zero attached hydrogens (tertiary/aromatic N) is 2. The summed E-state index contributed by atoms with van der Waals surface area (Å²) in [6.07, 6.45) is 3.34. The highest BCUT2D eigenvalue weighted by Crippen LogP contribution is 1.93. The van der Waals surface area contributed by atoms with Crippen LogP contribution >= 0.6 is 0 Å². The van der Waals surface area contributed by atoms with Gasteiger partial charge in [-0.3, -0.25) is 4.68 Å². The van der Waals surface area contributed by atoms with E-state index >= 15 is 0 Å². The molecule has 0 saturated carbocycles. The normalized spacial score (nSPS) is 11.2. The van der Waals surface area contributed by atoms with Crippen LogP contribution in [0.4, 0.5) is 0 Å². The van der Waals surface area contributed by atoms with E-state index in [2.05, 4.69) is 24.3 Å². The molecule has 1 N–H and O–H groups in total. The number of nitrogens with one attached hydrogen (secondary N) is 1. The Morgan fingerprint density at radius 3 is 2.93 bits per heavy atom. The molecular formula is C11H21N3O. The van der Waals surface area contributed by atoms with Gasteiger partial charge in [0.1, 0.15) is 0 Å². The van der Waals surface area contributed by atoms with E-state index in [0.717, 1.165) is 31.8 Å². The molecule has 0 aliphatic carbocycles. The highest BCUT2D eigenvalue weighted by atomic mass is 16.5. The van der Waals surface area contributed by atoms with Crippen LogP contribution in [-0.2, 0) is 18.3 Å². The number of aromatic nitrogens is 2. The maximum Gasteiger partial charge on any atom is 0.0762 e. The van der Waals surface area contributed by atoms with E-state index < -0.39 is 0 Å². The number of hydrogen-bond acceptors (Lipinski definition) is 3. The van der Waals surface area contributed by atoms with Crippen molar-refractivity contribution < 1.29 is 4.74 Å². The van der Waals surface area contributed by atoms with Crippen LogP contribution in [0.25, 0.3) is 0 Å². The standard InChI is InChI=1S/C11H21N3O/c1-10(2)15-8-4-6-12-9-11-5-7-14(3)13-11/h5,7,10,12H,4,6,8-9H2,1-3H3. The molecule has 0 aliphatic rings. The Morgan fingerprint density at radius 1 is 1.53 bits per heavy atom. The van der Waals surface area contributed by atoms with Crippen molar-refractivity contribution in [3.05, 3.63) is 18.0 Å². The van der Waals surface area contributed by atoms with Crippen molar-refractivity contribution in [1.82, 2.24) is 15.1 Å². The van der Waals surface area contributed by atoms with Crippen LogP contribution in [0.1, 0.15) is 26.0 Å². The third kappa shape index (κ3) is 5.54. The predicted molar refractivity (Wildman–Crippen MR) is 60.6 cm³/mol. The second-order valence-electron chi connectivity index (χ2n) is 3.93. The van der Waals surface area contributed by atoms with Crippen molar-refractivity contribution in [3.63, 3.8) is 0 Å². The summed E-state index contributed by atoms with van der Waals surface area (Å²) >= 11 is 0. The largest absolute Gasteiger partial charge is 0.379 e. The lowest BCUT2D eigenvalue weighted by Crippen LogP contribution is -2.17. The van der Waals surface area contributed by atoms with Gasteiger partial charge in [-0.15, -0.1) is 0 Å². The van der Waals surface area contributed by atoms with Gasteiger partial charge in [0.2, 0.25) is 0 Å². The summed E-state index contributed by atoms with van der Waals surface area (Å²) in [7, 11) is 1.93. The van der Waals surface area contributed by atoms with E-state index in [1.54, 1.807) is 0 Å². The minimum atomic E-state index is 0.334. The quantitative estimate of drug-likeness (QED) is 0.691. The fourth-order valence-electron chi connectivity index (χ4n) is 1.29. The van der Waals surface area contributed by atoms with Gasteiger partial charge < -0.3 is 10.1 Å². The second kappa shape index (κ2) is 6.58. The van der Waals surface area contributed by atoms with Gasteiger partial charge >= 0.3 is 0 Å². The Labute approximate surface area is 91.6 Å². The van der Waals surface area contributed by atoms with E-state index in [9.17, 15) is 0 Å². The van der Waals surface area contributed by atoms with Crippen molar-refractivity contribution in [2.24, 2.45) is 7.05 Å². The zero-order chi connectivity index (χ0) is 11.1. The molecular weight excluding hydrogens is 190 g/mol. The Morgan fingerprint density at radius 2 is 2.33 bits per heavy atom. The molecule has 0 atom stereocenters. The zero-order valence-corrected chi connectivity index (χ0v) is 9.86. The number of ether oxygens (including phenoxy) is 1. The molecule has 4 heteroatoms. The monoisotopic (exact) mass is 211 g/mol. The molecule has 0 aromatic carbocycles. The highest BCUT2D eigenvalue weighted by molar-refractivity contribution is 4.97. The first kappa shape index (κ1) is 12.2. The summed E-state index contributed by atoms with van der Waals surface area (Å²) in [6.45, 7) is 6.75. The van der Waals surface area contributed by atoms with Crippen molar-refractivity contribution in [3.8, 4) is 0 Å². The lowest BCUT2D eigenvalue weighted by Gasteiger charge is -2.07. The maximum absolute atomic E-state index is 5.44. The van der Waals surface area contributed by atoms with E-state index in [1.165, 1.54) is 0 Å². The first-order chi connectivity index (χ1) is 7.18. The van der Waals surface area contributed by atoms with Crippen LogP contribution in [0.3, 0.4) is 0 Å². The molecule has 0 saturated heterocycles. The van der Waals surface area contributed by atoms with Crippen molar-refractivity contribution in [2.75, 3.05) is 13.2 Å². The molecule has 1 rings (SSSR count). The highest BCUT2D eigenvalue weighted by Gasteiger charge is 1.96. The summed E-state index contributed by atoms with van der Waals surface area (Å²) < 4.78 is 7.26. The fourth-order valence-corrected chi connectivity index (χ4v) is 1.29. The molecule has 0 amide bonds. The van der Waals surface area contributed by atoms with Gasteiger partial charge in [-0.1, -0.05) is 0 Å². The first-order valence-corrected chi connectivity index (χ1v) is 5.49. The topological polar surface area (TPSA) is 39.1 Å². The molecule has 0 spiro atoms. The minimum Gasteiger partial charge on any atom is -0.379 e. The molecule has 15 heavy (non-hydrogen) atoms. The Kier molecular flexibility index (Phi) is 5.36. The summed E-state index contributed by atoms with van der Waals surface area (Å²) in [4.78, 5) is 0. The molecule has 0 fully saturated rings. The summed E-state index contributed by atoms with van der Waals surface area (Å²) in [5.41, 5.74) is 1.09. The average molecular weight is 211 g/mol. The number of hydrogen-bond donors (Lipinski definition) is 1. The Balaban J connectivity index is 1.98. The molecule has 1 aromatic rings. The maximum atomic E-state index is 5.44. The van der Waals surface area contributed by atoms with Gasteiger partial charge in [-0.05, 0) is 32.9 Å². The van der Waals surface area contributed by atoms with E-state index in [1.807, 2.05) is 24.0 Å². The van der Waals surface area contributed by atoms with E-state index in [0.29, 0.717) is 6.10 Å². The summed E-state index contributed by atoms with van der Waals surface area (Å²) in [5, 5.41) is 7.61. The Hall–Kier alpha value is -0.870. The molecule has 0 aliphatic heterocycles. The molecule has 86 valence electrons. The van der Waals surface area contributed by atoms with Gasteiger partial charge in [0.05, 0.1) is 11.8 Å². The predicted octanol–water partition coefficient (Wildman–Crippen LogP) is 1.32. The molecule has 4 nitrogen and oxygen atoms in total. The average Bonchev–Trinajstić information content (AvgIpc) is 2.57. The molecule has 0 radical (unpaired) electrons. The number of rotatable bonds is 7. The lowest BCUT2D eigenvalue weighted by molar-refractivity contribution is 0.0770. The Bertz CT molecular complexity index is 271. The van der Waals surface area contributed by atoms with Crippen molar-refractivity contribution in [2.45, 2.75) is 32.9 Å². The summed E-state index contributed by atoms with van der Waals surface area (Å²) in [5.74, 6) is 0. The SMILES string of the molecule is CC(C)OCCCNCc1ccn(C)n1. The third-order valence-corrected chi connectivity index (χ3v) is 2.02. The van der Waals surface area contributed by atoms with Crippen molar-refractivity contribution in [1.29, 1.82) is 0 Å². The second-order valence-corrected chi connectivity index (χ2v) is 3.93. The van der Waals surface area contributed by atoms with E-state index in [-0.39, 0.29) is 0 Å². The van der Waals surface area contributed by atoms with Gasteiger partial charge in [-0.2, -0.15) is 5.10 Å². The molecule has 1 heterocycles. The smallest absolute Gasteiger partial charge is 0.0762 e. The first-order valence-electron chi connectivity index (χ1n) is 5.49. The lowest BCUT2D eigenvalue weighted by atomic mass is 10.4.